The molecule has 10 nitrogen and oxygen atoms in total. The summed E-state index contributed by atoms with van der Waals surface area (Å²) in [5.74, 6) is 3.67. The maximum absolute atomic E-state index is 11.9. The van der Waals surface area contributed by atoms with Crippen LogP contribution in [0.15, 0.2) is 0 Å². The fourth-order valence-electron chi connectivity index (χ4n) is 3.89. The van der Waals surface area contributed by atoms with Gasteiger partial charge in [-0.3, -0.25) is 14.6 Å². The van der Waals surface area contributed by atoms with E-state index in [4.69, 9.17) is 5.90 Å². The van der Waals surface area contributed by atoms with Crippen LogP contribution in [0.25, 0.3) is 0 Å². The molecule has 31 heavy (non-hydrogen) atoms. The Labute approximate surface area is 186 Å². The van der Waals surface area contributed by atoms with Gasteiger partial charge in [0.2, 0.25) is 0 Å². The quantitative estimate of drug-likeness (QED) is 0.395. The number of hydrogen-bond donors (Lipinski definition) is 2. The highest BCUT2D eigenvalue weighted by molar-refractivity contribution is 5.78. The number of nitrogens with zero attached hydrogens (tertiary/aromatic N) is 4. The Bertz CT molecular complexity index is 562. The summed E-state index contributed by atoms with van der Waals surface area (Å²) >= 11 is 0. The third-order valence-electron chi connectivity index (χ3n) is 5.96. The first-order chi connectivity index (χ1) is 14.8. The molecule has 180 valence electrons. The second-order valence-corrected chi connectivity index (χ2v) is 8.12. The van der Waals surface area contributed by atoms with Gasteiger partial charge in [-0.25, -0.2) is 4.79 Å². The lowest BCUT2D eigenvalue weighted by atomic mass is 10.1. The second-order valence-electron chi connectivity index (χ2n) is 8.12. The molecule has 1 rings (SSSR count). The fraction of sp³-hybridized carbons (Fsp3) is 0.857. The monoisotopic (exact) mass is 443 g/mol. The zero-order valence-corrected chi connectivity index (χ0v) is 19.4. The third-order valence-corrected chi connectivity index (χ3v) is 5.96. The standard InChI is InChI=1S/C21H41N5O5/c1-4-23-11-13-25(14-12-24(5-2)17-20(28)31-22)9-6-10-26(16-15-23)19(21(29)30)8-7-18(3)27/h19H,4-17,22H2,1-3H3,(H,29,30). The summed E-state index contributed by atoms with van der Waals surface area (Å²) in [6, 6.07) is -0.631. The molecule has 10 heteroatoms. The molecular formula is C21H41N5O5. The van der Waals surface area contributed by atoms with E-state index in [0.29, 0.717) is 19.5 Å². The Morgan fingerprint density at radius 1 is 1.06 bits per heavy atom. The van der Waals surface area contributed by atoms with Gasteiger partial charge < -0.3 is 24.5 Å². The van der Waals surface area contributed by atoms with Gasteiger partial charge in [-0.15, -0.1) is 0 Å². The van der Waals surface area contributed by atoms with Crippen molar-refractivity contribution >= 4 is 17.7 Å². The van der Waals surface area contributed by atoms with Crippen molar-refractivity contribution in [1.82, 2.24) is 19.6 Å². The molecule has 1 aliphatic rings. The number of carbonyl (C=O) groups excluding carboxylic acids is 2. The molecule has 1 fully saturated rings. The van der Waals surface area contributed by atoms with Crippen LogP contribution in [0.1, 0.15) is 40.0 Å². The Morgan fingerprint density at radius 3 is 2.32 bits per heavy atom. The van der Waals surface area contributed by atoms with E-state index in [9.17, 15) is 19.5 Å². The maximum atomic E-state index is 11.9. The number of carboxylic acids is 1. The Hall–Kier alpha value is -1.59. The predicted octanol–water partition coefficient (Wildman–Crippen LogP) is -0.123. The van der Waals surface area contributed by atoms with Gasteiger partial charge in [0.05, 0.1) is 6.54 Å². The largest absolute Gasteiger partial charge is 0.480 e. The predicted molar refractivity (Wildman–Crippen MR) is 118 cm³/mol. The molecule has 0 aromatic carbocycles. The highest BCUT2D eigenvalue weighted by atomic mass is 16.7. The van der Waals surface area contributed by atoms with Crippen LogP contribution in [-0.4, -0.2) is 120 Å². The van der Waals surface area contributed by atoms with Crippen molar-refractivity contribution in [2.75, 3.05) is 72.0 Å². The SMILES string of the molecule is CCN1CCN(CCN(CC)CC(=O)ON)CCCN(C(CCC(C)=O)C(=O)O)CC1. The van der Waals surface area contributed by atoms with E-state index in [2.05, 4.69) is 21.6 Å². The Morgan fingerprint density at radius 2 is 1.74 bits per heavy atom. The van der Waals surface area contributed by atoms with Gasteiger partial charge in [0, 0.05) is 52.2 Å². The van der Waals surface area contributed by atoms with Crippen molar-refractivity contribution in [3.05, 3.63) is 0 Å². The van der Waals surface area contributed by atoms with E-state index in [1.165, 1.54) is 6.92 Å². The van der Waals surface area contributed by atoms with Crippen molar-refractivity contribution in [3.8, 4) is 0 Å². The van der Waals surface area contributed by atoms with Gasteiger partial charge in [-0.2, -0.15) is 5.90 Å². The average molecular weight is 444 g/mol. The second kappa shape index (κ2) is 15.3. The Kier molecular flexibility index (Phi) is 13.5. The summed E-state index contributed by atoms with van der Waals surface area (Å²) in [5, 5.41) is 9.74. The molecule has 1 unspecified atom stereocenters. The number of rotatable bonds is 12. The summed E-state index contributed by atoms with van der Waals surface area (Å²) in [6.07, 6.45) is 1.49. The minimum atomic E-state index is -0.858. The molecule has 0 radical (unpaired) electrons. The number of carboxylic acid groups (broad SMARTS) is 1. The summed E-state index contributed by atoms with van der Waals surface area (Å²) in [5.41, 5.74) is 0. The minimum absolute atomic E-state index is 0.0210. The van der Waals surface area contributed by atoms with E-state index in [-0.39, 0.29) is 18.7 Å². The topological polar surface area (TPSA) is 120 Å². The highest BCUT2D eigenvalue weighted by Gasteiger charge is 2.26. The van der Waals surface area contributed by atoms with Gasteiger partial charge in [0.15, 0.2) is 0 Å². The lowest BCUT2D eigenvalue weighted by Crippen LogP contribution is -2.49. The molecule has 0 saturated carbocycles. The molecule has 1 heterocycles. The number of aliphatic carboxylic acids is 1. The summed E-state index contributed by atoms with van der Waals surface area (Å²) in [7, 11) is 0. The first-order valence-corrected chi connectivity index (χ1v) is 11.3. The highest BCUT2D eigenvalue weighted by Crippen LogP contribution is 2.11. The van der Waals surface area contributed by atoms with Gasteiger partial charge in [0.1, 0.15) is 11.8 Å². The van der Waals surface area contributed by atoms with Gasteiger partial charge in [0.25, 0.3) is 0 Å². The van der Waals surface area contributed by atoms with Crippen LogP contribution >= 0.6 is 0 Å². The molecule has 0 aromatic rings. The minimum Gasteiger partial charge on any atom is -0.480 e. The van der Waals surface area contributed by atoms with Gasteiger partial charge in [-0.05, 0) is 39.4 Å². The van der Waals surface area contributed by atoms with Crippen molar-refractivity contribution in [2.24, 2.45) is 5.90 Å². The van der Waals surface area contributed by atoms with Crippen molar-refractivity contribution in [2.45, 2.75) is 46.1 Å². The molecule has 0 spiro atoms. The van der Waals surface area contributed by atoms with Crippen LogP contribution in [0.3, 0.4) is 0 Å². The number of hydrogen-bond acceptors (Lipinski definition) is 9. The summed E-state index contributed by atoms with van der Waals surface area (Å²) < 4.78 is 0. The molecule has 1 aliphatic heterocycles. The normalized spacial score (nSPS) is 18.6. The Balaban J connectivity index is 2.74. The average Bonchev–Trinajstić information content (AvgIpc) is 2.74. The van der Waals surface area contributed by atoms with Crippen molar-refractivity contribution in [3.63, 3.8) is 0 Å². The van der Waals surface area contributed by atoms with Crippen LogP contribution in [0.2, 0.25) is 0 Å². The summed E-state index contributed by atoms with van der Waals surface area (Å²) in [6.45, 7) is 13.8. The molecule has 3 N–H and O–H groups in total. The van der Waals surface area contributed by atoms with E-state index in [1.807, 2.05) is 16.7 Å². The first-order valence-electron chi connectivity index (χ1n) is 11.3. The number of Topliss-reactive ketones (excluding diaryl/α,β-unsaturated/α-hetero) is 1. The zero-order chi connectivity index (χ0) is 23.2. The molecule has 0 aliphatic carbocycles. The smallest absolute Gasteiger partial charge is 0.338 e. The molecule has 0 bridgehead atoms. The molecule has 0 amide bonds. The van der Waals surface area contributed by atoms with E-state index >= 15 is 0 Å². The maximum Gasteiger partial charge on any atom is 0.338 e. The van der Waals surface area contributed by atoms with Crippen LogP contribution < -0.4 is 5.90 Å². The van der Waals surface area contributed by atoms with Crippen LogP contribution in [0.4, 0.5) is 0 Å². The van der Waals surface area contributed by atoms with Crippen molar-refractivity contribution < 1.29 is 24.3 Å². The lowest BCUT2D eigenvalue weighted by Gasteiger charge is -2.35. The first kappa shape index (κ1) is 27.4. The molecule has 1 atom stereocenters. The molecule has 1 saturated heterocycles. The van der Waals surface area contributed by atoms with Crippen molar-refractivity contribution in [1.29, 1.82) is 0 Å². The lowest BCUT2D eigenvalue weighted by molar-refractivity contribution is -0.146. The number of nitrogens with two attached hydrogens (primary N) is 1. The molecular weight excluding hydrogens is 402 g/mol. The number of likely N-dealkylation sites (N-methyl/N-ethyl adjacent to an activating group) is 2. The number of carbonyl (C=O) groups is 3. The van der Waals surface area contributed by atoms with Crippen LogP contribution in [0.5, 0.6) is 0 Å². The third kappa shape index (κ3) is 11.0. The van der Waals surface area contributed by atoms with Gasteiger partial charge in [-0.1, -0.05) is 13.8 Å². The number of ketones is 1. The van der Waals surface area contributed by atoms with Gasteiger partial charge >= 0.3 is 11.9 Å². The summed E-state index contributed by atoms with van der Waals surface area (Å²) in [4.78, 5) is 47.7. The van der Waals surface area contributed by atoms with Crippen LogP contribution in [0, 0.1) is 0 Å². The van der Waals surface area contributed by atoms with E-state index < -0.39 is 18.0 Å². The van der Waals surface area contributed by atoms with E-state index in [0.717, 1.165) is 58.8 Å². The zero-order valence-electron chi connectivity index (χ0n) is 19.4. The van der Waals surface area contributed by atoms with Crippen LogP contribution in [-0.2, 0) is 19.2 Å². The molecule has 0 aromatic heterocycles. The van der Waals surface area contributed by atoms with E-state index in [1.54, 1.807) is 0 Å². The fourth-order valence-corrected chi connectivity index (χ4v) is 3.89.